The minimum Gasteiger partial charge on any atom is -0.449 e. The molecule has 2 rings (SSSR count). The highest BCUT2D eigenvalue weighted by atomic mass is 16.6. The molecule has 0 spiro atoms. The summed E-state index contributed by atoms with van der Waals surface area (Å²) >= 11 is 0. The molecule has 15 heavy (non-hydrogen) atoms. The minimum absolute atomic E-state index is 0.299. The average molecular weight is 206 g/mol. The van der Waals surface area contributed by atoms with Crippen LogP contribution in [0.5, 0.6) is 0 Å². The predicted molar refractivity (Wildman–Crippen MR) is 54.6 cm³/mol. The van der Waals surface area contributed by atoms with E-state index in [1.165, 1.54) is 0 Å². The molecule has 1 aliphatic rings. The summed E-state index contributed by atoms with van der Waals surface area (Å²) < 4.78 is 5.28. The monoisotopic (exact) mass is 206 g/mol. The number of esters is 1. The molecule has 0 radical (unpaired) electrons. The van der Waals surface area contributed by atoms with Gasteiger partial charge in [0.05, 0.1) is 5.69 Å². The van der Waals surface area contributed by atoms with Crippen molar-refractivity contribution in [2.45, 2.75) is 39.7 Å². The summed E-state index contributed by atoms with van der Waals surface area (Å²) in [6.07, 6.45) is 0.719. The molecular weight excluding hydrogens is 192 g/mol. The van der Waals surface area contributed by atoms with Crippen LogP contribution in [0.3, 0.4) is 0 Å². The number of aryl methyl sites for hydroxylation is 2. The first kappa shape index (κ1) is 10.1. The summed E-state index contributed by atoms with van der Waals surface area (Å²) in [6, 6.07) is 0. The number of carbonyl (C=O) groups excluding carboxylic acids is 1. The number of hydrogen-bond acceptors (Lipinski definition) is 4. The number of ether oxygens (including phenoxy) is 1. The number of hydrogen-bond donors (Lipinski definition) is 0. The summed E-state index contributed by atoms with van der Waals surface area (Å²) in [6.45, 7) is 7.50. The van der Waals surface area contributed by atoms with Gasteiger partial charge in [-0.25, -0.2) is 14.8 Å². The van der Waals surface area contributed by atoms with Crippen molar-refractivity contribution in [3.63, 3.8) is 0 Å². The van der Waals surface area contributed by atoms with Gasteiger partial charge in [-0.1, -0.05) is 6.92 Å². The Kier molecular flexibility index (Phi) is 2.03. The number of nitrogens with zero attached hydrogens (tertiary/aromatic N) is 2. The van der Waals surface area contributed by atoms with Crippen LogP contribution in [-0.2, 0) is 16.8 Å². The van der Waals surface area contributed by atoms with E-state index in [1.54, 1.807) is 0 Å². The first-order chi connectivity index (χ1) is 6.95. The van der Waals surface area contributed by atoms with E-state index >= 15 is 0 Å². The van der Waals surface area contributed by atoms with Crippen molar-refractivity contribution in [3.8, 4) is 0 Å². The molecule has 1 aliphatic heterocycles. The zero-order valence-corrected chi connectivity index (χ0v) is 9.42. The predicted octanol–water partition coefficient (Wildman–Crippen LogP) is 1.75. The maximum absolute atomic E-state index is 11.7. The lowest BCUT2D eigenvalue weighted by Gasteiger charge is -2.16. The fraction of sp³-hybridized carbons (Fsp3) is 0.545. The third-order valence-electron chi connectivity index (χ3n) is 2.55. The molecule has 0 aromatic carbocycles. The van der Waals surface area contributed by atoms with Gasteiger partial charge in [-0.15, -0.1) is 0 Å². The maximum Gasteiger partial charge on any atom is 0.342 e. The molecule has 0 aliphatic carbocycles. The Balaban J connectivity index is 2.72. The van der Waals surface area contributed by atoms with E-state index in [4.69, 9.17) is 4.74 Å². The van der Waals surface area contributed by atoms with Crippen LogP contribution >= 0.6 is 0 Å². The molecule has 0 N–H and O–H groups in total. The smallest absolute Gasteiger partial charge is 0.342 e. The van der Waals surface area contributed by atoms with Gasteiger partial charge < -0.3 is 4.74 Å². The second-order valence-electron chi connectivity index (χ2n) is 4.19. The van der Waals surface area contributed by atoms with Gasteiger partial charge in [-0.05, 0) is 27.2 Å². The van der Waals surface area contributed by atoms with Gasteiger partial charge in [-0.3, -0.25) is 0 Å². The van der Waals surface area contributed by atoms with Crippen LogP contribution < -0.4 is 0 Å². The van der Waals surface area contributed by atoms with Crippen molar-refractivity contribution >= 4 is 5.97 Å². The van der Waals surface area contributed by atoms with Crippen LogP contribution in [0.15, 0.2) is 0 Å². The molecule has 0 amide bonds. The highest BCUT2D eigenvalue weighted by molar-refractivity contribution is 5.95. The van der Waals surface area contributed by atoms with Gasteiger partial charge in [-0.2, -0.15) is 0 Å². The molecule has 2 heterocycles. The number of fused-ring (bicyclic) bond motifs is 1. The highest BCUT2D eigenvalue weighted by Gasteiger charge is 2.41. The van der Waals surface area contributed by atoms with E-state index < -0.39 is 5.60 Å². The molecule has 1 aromatic heterocycles. The Morgan fingerprint density at radius 3 is 2.60 bits per heavy atom. The summed E-state index contributed by atoms with van der Waals surface area (Å²) in [4.78, 5) is 20.2. The lowest BCUT2D eigenvalue weighted by atomic mass is 10.0. The second kappa shape index (κ2) is 3.02. The first-order valence-electron chi connectivity index (χ1n) is 5.07. The van der Waals surface area contributed by atoms with Gasteiger partial charge in [0, 0.05) is 0 Å². The topological polar surface area (TPSA) is 52.1 Å². The molecule has 0 saturated heterocycles. The Labute approximate surface area is 88.7 Å². The summed E-state index contributed by atoms with van der Waals surface area (Å²) in [5, 5.41) is 0. The number of aromatic nitrogens is 2. The quantitative estimate of drug-likeness (QED) is 0.657. The first-order valence-corrected chi connectivity index (χ1v) is 5.07. The van der Waals surface area contributed by atoms with E-state index in [9.17, 15) is 4.79 Å². The van der Waals surface area contributed by atoms with Crippen LogP contribution in [-0.4, -0.2) is 15.9 Å². The molecule has 0 atom stereocenters. The number of carbonyl (C=O) groups is 1. The number of cyclic esters (lactones) is 1. The van der Waals surface area contributed by atoms with Crippen molar-refractivity contribution < 1.29 is 9.53 Å². The van der Waals surface area contributed by atoms with Crippen LogP contribution in [0.25, 0.3) is 0 Å². The van der Waals surface area contributed by atoms with Crippen LogP contribution in [0.2, 0.25) is 0 Å². The Hall–Kier alpha value is -1.45. The zero-order chi connectivity index (χ0) is 11.2. The molecular formula is C11H14N2O2. The average Bonchev–Trinajstić information content (AvgIpc) is 2.36. The van der Waals surface area contributed by atoms with Gasteiger partial charge >= 0.3 is 5.97 Å². The van der Waals surface area contributed by atoms with E-state index in [1.807, 2.05) is 27.7 Å². The number of rotatable bonds is 1. The third kappa shape index (κ3) is 1.40. The summed E-state index contributed by atoms with van der Waals surface area (Å²) in [5.74, 6) is 0.392. The van der Waals surface area contributed by atoms with Gasteiger partial charge in [0.2, 0.25) is 0 Å². The molecule has 0 bridgehead atoms. The van der Waals surface area contributed by atoms with E-state index in [-0.39, 0.29) is 5.97 Å². The lowest BCUT2D eigenvalue weighted by Crippen LogP contribution is -2.18. The molecule has 4 nitrogen and oxygen atoms in total. The van der Waals surface area contributed by atoms with Crippen LogP contribution in [0.4, 0.5) is 0 Å². The van der Waals surface area contributed by atoms with Crippen molar-refractivity contribution in [2.75, 3.05) is 0 Å². The SMILES string of the molecule is CCc1nc(C)nc2c1C(=O)OC2(C)C. The van der Waals surface area contributed by atoms with Crippen LogP contribution in [0.1, 0.15) is 48.3 Å². The Morgan fingerprint density at radius 1 is 1.33 bits per heavy atom. The normalized spacial score (nSPS) is 17.5. The molecule has 4 heteroatoms. The van der Waals surface area contributed by atoms with E-state index in [0.717, 1.165) is 17.8 Å². The molecule has 1 aromatic rings. The standard InChI is InChI=1S/C11H14N2O2/c1-5-7-8-9(13-6(2)12-7)11(3,4)15-10(8)14/h5H2,1-4H3. The van der Waals surface area contributed by atoms with Gasteiger partial charge in [0.25, 0.3) is 0 Å². The third-order valence-corrected chi connectivity index (χ3v) is 2.55. The minimum atomic E-state index is -0.621. The summed E-state index contributed by atoms with van der Waals surface area (Å²) in [5.41, 5.74) is 1.45. The zero-order valence-electron chi connectivity index (χ0n) is 9.42. The van der Waals surface area contributed by atoms with Crippen molar-refractivity contribution in [1.82, 2.24) is 9.97 Å². The molecule has 80 valence electrons. The Bertz CT molecular complexity index is 438. The van der Waals surface area contributed by atoms with E-state index in [2.05, 4.69) is 9.97 Å². The fourth-order valence-electron chi connectivity index (χ4n) is 1.87. The second-order valence-corrected chi connectivity index (χ2v) is 4.19. The largest absolute Gasteiger partial charge is 0.449 e. The van der Waals surface area contributed by atoms with Gasteiger partial charge in [0.15, 0.2) is 0 Å². The molecule has 0 saturated carbocycles. The van der Waals surface area contributed by atoms with E-state index in [0.29, 0.717) is 11.4 Å². The molecule has 0 unspecified atom stereocenters. The summed E-state index contributed by atoms with van der Waals surface area (Å²) in [7, 11) is 0. The van der Waals surface area contributed by atoms with Crippen LogP contribution in [0, 0.1) is 6.92 Å². The maximum atomic E-state index is 11.7. The van der Waals surface area contributed by atoms with Crippen molar-refractivity contribution in [3.05, 3.63) is 22.8 Å². The highest BCUT2D eigenvalue weighted by Crippen LogP contribution is 2.35. The lowest BCUT2D eigenvalue weighted by molar-refractivity contribution is 0.00825. The fourth-order valence-corrected chi connectivity index (χ4v) is 1.87. The molecule has 0 fully saturated rings. The Morgan fingerprint density at radius 2 is 2.00 bits per heavy atom. The van der Waals surface area contributed by atoms with Crippen molar-refractivity contribution in [1.29, 1.82) is 0 Å². The van der Waals surface area contributed by atoms with Crippen molar-refractivity contribution in [2.24, 2.45) is 0 Å². The van der Waals surface area contributed by atoms with Gasteiger partial charge in [0.1, 0.15) is 22.7 Å².